The predicted octanol–water partition coefficient (Wildman–Crippen LogP) is 4.20. The van der Waals surface area contributed by atoms with Crippen molar-refractivity contribution in [3.63, 3.8) is 0 Å². The quantitative estimate of drug-likeness (QED) is 0.403. The number of carbonyl (C=O) groups excluding carboxylic acids is 2. The molecule has 3 aromatic carbocycles. The van der Waals surface area contributed by atoms with Gasteiger partial charge < -0.3 is 10.1 Å². The fourth-order valence-corrected chi connectivity index (χ4v) is 4.87. The van der Waals surface area contributed by atoms with E-state index in [-0.39, 0.29) is 35.6 Å². The minimum Gasteiger partial charge on any atom is -0.497 e. The first kappa shape index (κ1) is 26.1. The van der Waals surface area contributed by atoms with Gasteiger partial charge in [0.1, 0.15) is 5.75 Å². The van der Waals surface area contributed by atoms with Gasteiger partial charge in [-0.3, -0.25) is 9.59 Å². The van der Waals surface area contributed by atoms with E-state index in [0.29, 0.717) is 12.0 Å². The van der Waals surface area contributed by atoms with Crippen LogP contribution >= 0.6 is 0 Å². The summed E-state index contributed by atoms with van der Waals surface area (Å²) in [5.41, 5.74) is 2.31. The highest BCUT2D eigenvalue weighted by molar-refractivity contribution is 7.89. The van der Waals surface area contributed by atoms with Crippen LogP contribution in [0, 0.1) is 0 Å². The average molecular weight is 495 g/mol. The van der Waals surface area contributed by atoms with E-state index in [9.17, 15) is 18.0 Å². The molecular formula is C27H30N2O5S. The standard InChI is InChI=1S/C27H30N2O5S/c1-20(30)21-13-17-25(18-14-21)35(32,33)29(2)19-7-10-26(31)28-27(22-8-5-4-6-9-22)23-11-15-24(34-3)16-12-23/h4-6,8-9,11-18,27H,7,10,19H2,1-3H3,(H,28,31). The van der Waals surface area contributed by atoms with Gasteiger partial charge in [-0.25, -0.2) is 12.7 Å². The number of methoxy groups -OCH3 is 1. The van der Waals surface area contributed by atoms with E-state index in [4.69, 9.17) is 4.74 Å². The van der Waals surface area contributed by atoms with E-state index in [1.165, 1.54) is 42.5 Å². The van der Waals surface area contributed by atoms with Gasteiger partial charge in [0.25, 0.3) is 0 Å². The molecular weight excluding hydrogens is 464 g/mol. The second-order valence-electron chi connectivity index (χ2n) is 8.20. The van der Waals surface area contributed by atoms with Crippen molar-refractivity contribution in [1.82, 2.24) is 9.62 Å². The van der Waals surface area contributed by atoms with E-state index < -0.39 is 10.0 Å². The van der Waals surface area contributed by atoms with Crippen LogP contribution in [0.1, 0.15) is 47.3 Å². The number of rotatable bonds is 11. The zero-order valence-electron chi connectivity index (χ0n) is 20.1. The second kappa shape index (κ2) is 11.8. The molecule has 0 aliphatic carbocycles. The number of hydrogen-bond acceptors (Lipinski definition) is 5. The molecule has 0 spiro atoms. The summed E-state index contributed by atoms with van der Waals surface area (Å²) in [5.74, 6) is 0.426. The molecule has 1 amide bonds. The molecule has 0 heterocycles. The molecule has 3 rings (SSSR count). The summed E-state index contributed by atoms with van der Waals surface area (Å²) in [5, 5.41) is 3.07. The number of ether oxygens (including phenoxy) is 1. The van der Waals surface area contributed by atoms with Crippen molar-refractivity contribution in [1.29, 1.82) is 0 Å². The van der Waals surface area contributed by atoms with Crippen LogP contribution in [0.25, 0.3) is 0 Å². The van der Waals surface area contributed by atoms with Crippen molar-refractivity contribution >= 4 is 21.7 Å². The molecule has 35 heavy (non-hydrogen) atoms. The Morgan fingerprint density at radius 2 is 1.51 bits per heavy atom. The first-order valence-corrected chi connectivity index (χ1v) is 12.7. The van der Waals surface area contributed by atoms with Crippen LogP contribution in [-0.4, -0.2) is 45.1 Å². The van der Waals surface area contributed by atoms with Gasteiger partial charge in [0.05, 0.1) is 18.0 Å². The maximum atomic E-state index is 12.8. The summed E-state index contributed by atoms with van der Waals surface area (Å²) in [7, 11) is -0.633. The second-order valence-corrected chi connectivity index (χ2v) is 10.2. The molecule has 0 fully saturated rings. The lowest BCUT2D eigenvalue weighted by molar-refractivity contribution is -0.121. The van der Waals surface area contributed by atoms with Crippen molar-refractivity contribution < 1.29 is 22.7 Å². The normalized spacial score (nSPS) is 12.2. The topological polar surface area (TPSA) is 92.8 Å². The number of benzene rings is 3. The van der Waals surface area contributed by atoms with Crippen molar-refractivity contribution in [3.05, 3.63) is 95.6 Å². The zero-order chi connectivity index (χ0) is 25.4. The van der Waals surface area contributed by atoms with Crippen molar-refractivity contribution in [2.75, 3.05) is 20.7 Å². The van der Waals surface area contributed by atoms with Gasteiger partial charge >= 0.3 is 0 Å². The van der Waals surface area contributed by atoms with Gasteiger partial charge in [-0.15, -0.1) is 0 Å². The minimum absolute atomic E-state index is 0.109. The molecule has 0 aliphatic rings. The smallest absolute Gasteiger partial charge is 0.242 e. The van der Waals surface area contributed by atoms with Crippen LogP contribution in [-0.2, 0) is 14.8 Å². The molecule has 0 saturated carbocycles. The van der Waals surface area contributed by atoms with Crippen LogP contribution in [0.4, 0.5) is 0 Å². The number of nitrogens with one attached hydrogen (secondary N) is 1. The molecule has 0 saturated heterocycles. The lowest BCUT2D eigenvalue weighted by Gasteiger charge is -2.21. The fourth-order valence-electron chi connectivity index (χ4n) is 3.66. The van der Waals surface area contributed by atoms with Gasteiger partial charge in [-0.2, -0.15) is 0 Å². The van der Waals surface area contributed by atoms with E-state index >= 15 is 0 Å². The molecule has 0 bridgehead atoms. The van der Waals surface area contributed by atoms with E-state index in [2.05, 4.69) is 5.32 Å². The first-order valence-electron chi connectivity index (χ1n) is 11.3. The zero-order valence-corrected chi connectivity index (χ0v) is 20.9. The fraction of sp³-hybridized carbons (Fsp3) is 0.259. The van der Waals surface area contributed by atoms with Crippen LogP contribution in [0.5, 0.6) is 5.75 Å². The first-order chi connectivity index (χ1) is 16.7. The molecule has 3 aromatic rings. The summed E-state index contributed by atoms with van der Waals surface area (Å²) in [6.45, 7) is 1.61. The lowest BCUT2D eigenvalue weighted by atomic mass is 9.98. The van der Waals surface area contributed by atoms with Gasteiger partial charge in [0.2, 0.25) is 15.9 Å². The molecule has 0 aromatic heterocycles. The van der Waals surface area contributed by atoms with Crippen LogP contribution < -0.4 is 10.1 Å². The Hall–Kier alpha value is -3.49. The molecule has 184 valence electrons. The number of ketones is 1. The maximum Gasteiger partial charge on any atom is 0.242 e. The number of nitrogens with zero attached hydrogens (tertiary/aromatic N) is 1. The van der Waals surface area contributed by atoms with E-state index in [1.54, 1.807) is 7.11 Å². The molecule has 1 unspecified atom stereocenters. The highest BCUT2D eigenvalue weighted by atomic mass is 32.2. The Kier molecular flexibility index (Phi) is 8.78. The van der Waals surface area contributed by atoms with Gasteiger partial charge in [-0.1, -0.05) is 54.6 Å². The third-order valence-electron chi connectivity index (χ3n) is 5.73. The van der Waals surface area contributed by atoms with Crippen LogP contribution in [0.2, 0.25) is 0 Å². The van der Waals surface area contributed by atoms with Crippen LogP contribution in [0.3, 0.4) is 0 Å². The molecule has 0 aliphatic heterocycles. The summed E-state index contributed by atoms with van der Waals surface area (Å²) in [6.07, 6.45) is 0.528. The molecule has 7 nitrogen and oxygen atoms in total. The molecule has 1 atom stereocenters. The van der Waals surface area contributed by atoms with E-state index in [1.807, 2.05) is 54.6 Å². The Labute approximate surface area is 206 Å². The molecule has 1 N–H and O–H groups in total. The monoisotopic (exact) mass is 494 g/mol. The maximum absolute atomic E-state index is 12.8. The van der Waals surface area contributed by atoms with E-state index in [0.717, 1.165) is 16.9 Å². The summed E-state index contributed by atoms with van der Waals surface area (Å²) < 4.78 is 32.1. The highest BCUT2D eigenvalue weighted by Gasteiger charge is 2.22. The predicted molar refractivity (Wildman–Crippen MR) is 135 cm³/mol. The van der Waals surface area contributed by atoms with Crippen molar-refractivity contribution in [2.45, 2.75) is 30.7 Å². The molecule has 0 radical (unpaired) electrons. The summed E-state index contributed by atoms with van der Waals surface area (Å²) in [4.78, 5) is 24.3. The van der Waals surface area contributed by atoms with Gasteiger partial charge in [0, 0.05) is 25.6 Å². The number of hydrogen-bond donors (Lipinski definition) is 1. The lowest BCUT2D eigenvalue weighted by Crippen LogP contribution is -2.31. The minimum atomic E-state index is -3.72. The summed E-state index contributed by atoms with van der Waals surface area (Å²) in [6, 6.07) is 22.7. The summed E-state index contributed by atoms with van der Waals surface area (Å²) >= 11 is 0. The Bertz CT molecular complexity index is 1240. The number of Topliss-reactive ketones (excluding diaryl/α,β-unsaturated/α-hetero) is 1. The number of amides is 1. The third-order valence-corrected chi connectivity index (χ3v) is 7.60. The Balaban J connectivity index is 1.62. The Morgan fingerprint density at radius 1 is 0.914 bits per heavy atom. The number of sulfonamides is 1. The highest BCUT2D eigenvalue weighted by Crippen LogP contribution is 2.24. The SMILES string of the molecule is COc1ccc(C(NC(=O)CCCN(C)S(=O)(=O)c2ccc(C(C)=O)cc2)c2ccccc2)cc1. The van der Waals surface area contributed by atoms with Gasteiger partial charge in [-0.05, 0) is 48.7 Å². The van der Waals surface area contributed by atoms with Crippen LogP contribution in [0.15, 0.2) is 83.8 Å². The number of carbonyl (C=O) groups is 2. The van der Waals surface area contributed by atoms with Crippen molar-refractivity contribution in [3.8, 4) is 5.75 Å². The van der Waals surface area contributed by atoms with Gasteiger partial charge in [0.15, 0.2) is 5.78 Å². The molecule has 8 heteroatoms. The van der Waals surface area contributed by atoms with Crippen molar-refractivity contribution in [2.24, 2.45) is 0 Å². The Morgan fingerprint density at radius 3 is 2.09 bits per heavy atom. The largest absolute Gasteiger partial charge is 0.497 e. The third kappa shape index (κ3) is 6.77. The average Bonchev–Trinajstić information content (AvgIpc) is 2.87.